The maximum atomic E-state index is 11.7. The zero-order valence-corrected chi connectivity index (χ0v) is 7.19. The molecular weight excluding hydrogens is 197 g/mol. The number of aromatic amines is 1. The molecule has 0 amide bonds. The molecule has 6 heteroatoms. The second kappa shape index (κ2) is 4.28. The number of H-pyrrole nitrogens is 1. The molecule has 78 valence electrons. The molecule has 1 heterocycles. The number of nitrogens with one attached hydrogen (secondary N) is 2. The highest BCUT2D eigenvalue weighted by atomic mass is 19.4. The minimum atomic E-state index is -4.23. The van der Waals surface area contributed by atoms with Gasteiger partial charge in [-0.2, -0.15) is 13.2 Å². The van der Waals surface area contributed by atoms with Gasteiger partial charge in [-0.3, -0.25) is 4.79 Å². The van der Waals surface area contributed by atoms with Crippen molar-refractivity contribution in [1.29, 1.82) is 0 Å². The highest BCUT2D eigenvalue weighted by Crippen LogP contribution is 2.12. The van der Waals surface area contributed by atoms with Crippen LogP contribution in [-0.2, 0) is 6.54 Å². The maximum absolute atomic E-state index is 11.7. The minimum absolute atomic E-state index is 0.00438. The van der Waals surface area contributed by atoms with Crippen LogP contribution in [0.2, 0.25) is 0 Å². The lowest BCUT2D eigenvalue weighted by molar-refractivity contribution is -0.125. The van der Waals surface area contributed by atoms with E-state index in [0.717, 1.165) is 0 Å². The van der Waals surface area contributed by atoms with Gasteiger partial charge in [0.1, 0.15) is 0 Å². The molecule has 2 N–H and O–H groups in total. The molecule has 0 bridgehead atoms. The first-order valence-electron chi connectivity index (χ1n) is 3.93. The first kappa shape index (κ1) is 10.8. The van der Waals surface area contributed by atoms with E-state index in [-0.39, 0.29) is 12.1 Å². The van der Waals surface area contributed by atoms with Gasteiger partial charge >= 0.3 is 6.18 Å². The van der Waals surface area contributed by atoms with Crippen LogP contribution in [0.4, 0.5) is 13.2 Å². The zero-order chi connectivity index (χ0) is 10.6. The van der Waals surface area contributed by atoms with Crippen LogP contribution in [0.25, 0.3) is 0 Å². The van der Waals surface area contributed by atoms with Crippen LogP contribution in [0, 0.1) is 0 Å². The van der Waals surface area contributed by atoms with Crippen molar-refractivity contribution in [2.24, 2.45) is 0 Å². The van der Waals surface area contributed by atoms with Gasteiger partial charge < -0.3 is 10.3 Å². The molecule has 1 rings (SSSR count). The lowest BCUT2D eigenvalue weighted by Crippen LogP contribution is -2.29. The number of hydrogen-bond acceptors (Lipinski definition) is 2. The van der Waals surface area contributed by atoms with Gasteiger partial charge in [-0.25, -0.2) is 0 Å². The molecule has 0 aliphatic rings. The highest BCUT2D eigenvalue weighted by Gasteiger charge is 2.25. The smallest absolute Gasteiger partial charge is 0.325 e. The van der Waals surface area contributed by atoms with Crippen molar-refractivity contribution in [2.45, 2.75) is 12.7 Å². The Balaban J connectivity index is 2.43. The molecule has 3 nitrogen and oxygen atoms in total. The summed E-state index contributed by atoms with van der Waals surface area (Å²) in [4.78, 5) is 13.2. The summed E-state index contributed by atoms with van der Waals surface area (Å²) in [6, 6.07) is 4.33. The summed E-state index contributed by atoms with van der Waals surface area (Å²) in [5.74, 6) is 0. The summed E-state index contributed by atoms with van der Waals surface area (Å²) in [6.45, 7) is -1.07. The molecule has 0 aromatic carbocycles. The number of hydrogen-bond donors (Lipinski definition) is 2. The normalized spacial score (nSPS) is 11.6. The monoisotopic (exact) mass is 206 g/mol. The Labute approximate surface area is 78.0 Å². The zero-order valence-electron chi connectivity index (χ0n) is 7.19. The average Bonchev–Trinajstić information content (AvgIpc) is 2.01. The Hall–Kier alpha value is -1.30. The third-order valence-corrected chi connectivity index (χ3v) is 1.47. The van der Waals surface area contributed by atoms with Crippen molar-refractivity contribution in [3.8, 4) is 0 Å². The van der Waals surface area contributed by atoms with E-state index in [9.17, 15) is 18.0 Å². The van der Waals surface area contributed by atoms with Crippen LogP contribution in [0.3, 0.4) is 0 Å². The van der Waals surface area contributed by atoms with Gasteiger partial charge in [0.25, 0.3) is 0 Å². The second-order valence-electron chi connectivity index (χ2n) is 2.76. The first-order valence-corrected chi connectivity index (χ1v) is 3.93. The molecule has 0 spiro atoms. The van der Waals surface area contributed by atoms with E-state index < -0.39 is 12.7 Å². The summed E-state index contributed by atoms with van der Waals surface area (Å²) < 4.78 is 35.1. The van der Waals surface area contributed by atoms with Crippen LogP contribution < -0.4 is 10.9 Å². The van der Waals surface area contributed by atoms with Crippen molar-refractivity contribution in [1.82, 2.24) is 10.3 Å². The Morgan fingerprint density at radius 3 is 2.64 bits per heavy atom. The summed E-state index contributed by atoms with van der Waals surface area (Å²) >= 11 is 0. The van der Waals surface area contributed by atoms with Gasteiger partial charge in [-0.05, 0) is 6.07 Å². The van der Waals surface area contributed by atoms with Crippen LogP contribution in [0.15, 0.2) is 23.0 Å². The predicted octanol–water partition coefficient (Wildman–Crippen LogP) is 1.03. The van der Waals surface area contributed by atoms with Gasteiger partial charge in [-0.15, -0.1) is 0 Å². The lowest BCUT2D eigenvalue weighted by atomic mass is 10.3. The molecule has 0 aliphatic heterocycles. The molecule has 0 aliphatic carbocycles. The SMILES string of the molecule is O=c1cccc(CNCC(F)(F)F)[nH]1. The number of aromatic nitrogens is 1. The van der Waals surface area contributed by atoms with Crippen LogP contribution in [0.1, 0.15) is 5.69 Å². The van der Waals surface area contributed by atoms with E-state index in [1.807, 2.05) is 0 Å². The quantitative estimate of drug-likeness (QED) is 0.775. The van der Waals surface area contributed by atoms with Crippen molar-refractivity contribution in [2.75, 3.05) is 6.54 Å². The fourth-order valence-corrected chi connectivity index (χ4v) is 0.935. The lowest BCUT2D eigenvalue weighted by Gasteiger charge is -2.07. The molecule has 0 saturated carbocycles. The maximum Gasteiger partial charge on any atom is 0.401 e. The minimum Gasteiger partial charge on any atom is -0.325 e. The van der Waals surface area contributed by atoms with Crippen LogP contribution in [-0.4, -0.2) is 17.7 Å². The number of rotatable bonds is 3. The fraction of sp³-hybridized carbons (Fsp3) is 0.375. The molecule has 0 saturated heterocycles. The summed E-state index contributed by atoms with van der Waals surface area (Å²) in [5.41, 5.74) is 0.109. The summed E-state index contributed by atoms with van der Waals surface area (Å²) in [7, 11) is 0. The number of pyridine rings is 1. The van der Waals surface area contributed by atoms with Crippen molar-refractivity contribution in [3.63, 3.8) is 0 Å². The Morgan fingerprint density at radius 1 is 1.36 bits per heavy atom. The van der Waals surface area contributed by atoms with E-state index in [0.29, 0.717) is 5.69 Å². The van der Waals surface area contributed by atoms with Gasteiger partial charge in [0.05, 0.1) is 6.54 Å². The molecule has 0 fully saturated rings. The van der Waals surface area contributed by atoms with E-state index in [4.69, 9.17) is 0 Å². The van der Waals surface area contributed by atoms with E-state index >= 15 is 0 Å². The highest BCUT2D eigenvalue weighted by molar-refractivity contribution is 5.03. The Bertz CT molecular complexity index is 345. The summed E-state index contributed by atoms with van der Waals surface area (Å²) in [5, 5.41) is 2.17. The molecule has 0 unspecified atom stereocenters. The third kappa shape index (κ3) is 4.08. The molecular formula is C8H9F3N2O. The molecule has 0 atom stereocenters. The first-order chi connectivity index (χ1) is 6.47. The summed E-state index contributed by atoms with van der Waals surface area (Å²) in [6.07, 6.45) is -4.23. The van der Waals surface area contributed by atoms with Crippen LogP contribution in [0.5, 0.6) is 0 Å². The van der Waals surface area contributed by atoms with Crippen molar-refractivity contribution < 1.29 is 13.2 Å². The third-order valence-electron chi connectivity index (χ3n) is 1.47. The standard InChI is InChI=1S/C8H9F3N2O/c9-8(10,11)5-12-4-6-2-1-3-7(14)13-6/h1-3,12H,4-5H2,(H,13,14). The Kier molecular flexibility index (Phi) is 3.29. The van der Waals surface area contributed by atoms with Crippen molar-refractivity contribution >= 4 is 0 Å². The van der Waals surface area contributed by atoms with Crippen molar-refractivity contribution in [3.05, 3.63) is 34.2 Å². The fourth-order valence-electron chi connectivity index (χ4n) is 0.935. The van der Waals surface area contributed by atoms with Gasteiger partial charge in [-0.1, -0.05) is 6.07 Å². The van der Waals surface area contributed by atoms with Gasteiger partial charge in [0.15, 0.2) is 0 Å². The van der Waals surface area contributed by atoms with E-state index in [1.54, 1.807) is 6.07 Å². The molecule has 1 aromatic heterocycles. The Morgan fingerprint density at radius 2 is 2.07 bits per heavy atom. The van der Waals surface area contributed by atoms with E-state index in [2.05, 4.69) is 10.3 Å². The second-order valence-corrected chi connectivity index (χ2v) is 2.76. The number of halogens is 3. The predicted molar refractivity (Wildman–Crippen MR) is 44.8 cm³/mol. The van der Waals surface area contributed by atoms with Gasteiger partial charge in [0, 0.05) is 18.3 Å². The molecule has 14 heavy (non-hydrogen) atoms. The number of alkyl halides is 3. The largest absolute Gasteiger partial charge is 0.401 e. The van der Waals surface area contributed by atoms with Crippen LogP contribution >= 0.6 is 0 Å². The topological polar surface area (TPSA) is 44.9 Å². The van der Waals surface area contributed by atoms with E-state index in [1.165, 1.54) is 12.1 Å². The molecule has 1 aromatic rings. The average molecular weight is 206 g/mol. The molecule has 0 radical (unpaired) electrons. The van der Waals surface area contributed by atoms with Gasteiger partial charge in [0.2, 0.25) is 5.56 Å².